The van der Waals surface area contributed by atoms with Gasteiger partial charge >= 0.3 is 0 Å². The molecule has 4 N–H and O–H groups in total. The minimum absolute atomic E-state index is 0.0571. The molecule has 2 nitrogen and oxygen atoms in total. The lowest BCUT2D eigenvalue weighted by molar-refractivity contribution is 0.271. The van der Waals surface area contributed by atoms with Crippen molar-refractivity contribution in [1.29, 1.82) is 0 Å². The third-order valence-electron chi connectivity index (χ3n) is 3.07. The lowest BCUT2D eigenvalue weighted by atomic mass is 9.78. The summed E-state index contributed by atoms with van der Waals surface area (Å²) in [6, 6.07) is 8.49. The van der Waals surface area contributed by atoms with Crippen LogP contribution in [-0.4, -0.2) is 6.54 Å². The Morgan fingerprint density at radius 1 is 1.20 bits per heavy atom. The molecule has 0 amide bonds. The topological polar surface area (TPSA) is 52.0 Å². The first-order chi connectivity index (χ1) is 6.97. The van der Waals surface area contributed by atoms with E-state index in [0.717, 1.165) is 6.42 Å². The molecule has 1 atom stereocenters. The van der Waals surface area contributed by atoms with E-state index in [-0.39, 0.29) is 11.5 Å². The van der Waals surface area contributed by atoms with Gasteiger partial charge in [-0.15, -0.1) is 0 Å². The van der Waals surface area contributed by atoms with Gasteiger partial charge in [0.1, 0.15) is 0 Å². The first kappa shape index (κ1) is 12.2. The van der Waals surface area contributed by atoms with Crippen molar-refractivity contribution < 1.29 is 0 Å². The SMILES string of the molecule is Cc1ccc(C(N)C(C)(C)CCN)cc1. The van der Waals surface area contributed by atoms with Crippen molar-refractivity contribution in [1.82, 2.24) is 0 Å². The molecule has 0 aromatic heterocycles. The van der Waals surface area contributed by atoms with Crippen molar-refractivity contribution in [3.8, 4) is 0 Å². The average molecular weight is 206 g/mol. The maximum atomic E-state index is 6.25. The highest BCUT2D eigenvalue weighted by Crippen LogP contribution is 2.33. The summed E-state index contributed by atoms with van der Waals surface area (Å²) in [6.07, 6.45) is 0.946. The van der Waals surface area contributed by atoms with Gasteiger partial charge in [0.2, 0.25) is 0 Å². The maximum Gasteiger partial charge on any atom is 0.0347 e. The molecule has 0 aliphatic heterocycles. The quantitative estimate of drug-likeness (QED) is 0.794. The van der Waals surface area contributed by atoms with Crippen LogP contribution in [0, 0.1) is 12.3 Å². The van der Waals surface area contributed by atoms with E-state index in [2.05, 4.69) is 45.0 Å². The smallest absolute Gasteiger partial charge is 0.0347 e. The van der Waals surface area contributed by atoms with E-state index < -0.39 is 0 Å². The molecule has 0 fully saturated rings. The van der Waals surface area contributed by atoms with Gasteiger partial charge in [-0.1, -0.05) is 43.7 Å². The second-order valence-electron chi connectivity index (χ2n) is 4.92. The lowest BCUT2D eigenvalue weighted by Crippen LogP contribution is -2.31. The fourth-order valence-electron chi connectivity index (χ4n) is 1.75. The van der Waals surface area contributed by atoms with E-state index in [4.69, 9.17) is 11.5 Å². The second kappa shape index (κ2) is 4.77. The number of aryl methyl sites for hydroxylation is 1. The van der Waals surface area contributed by atoms with Crippen LogP contribution < -0.4 is 11.5 Å². The average Bonchev–Trinajstić information content (AvgIpc) is 2.18. The van der Waals surface area contributed by atoms with Gasteiger partial charge in [0, 0.05) is 6.04 Å². The van der Waals surface area contributed by atoms with Gasteiger partial charge < -0.3 is 11.5 Å². The van der Waals surface area contributed by atoms with E-state index in [1.807, 2.05) is 0 Å². The summed E-state index contributed by atoms with van der Waals surface area (Å²) < 4.78 is 0. The van der Waals surface area contributed by atoms with Crippen molar-refractivity contribution in [2.45, 2.75) is 33.2 Å². The fourth-order valence-corrected chi connectivity index (χ4v) is 1.75. The normalized spacial score (nSPS) is 13.9. The summed E-state index contributed by atoms with van der Waals surface area (Å²) in [5.41, 5.74) is 14.4. The van der Waals surface area contributed by atoms with Crippen LogP contribution in [0.15, 0.2) is 24.3 Å². The predicted octanol–water partition coefficient (Wildman–Crippen LogP) is 2.37. The Morgan fingerprint density at radius 3 is 2.20 bits per heavy atom. The van der Waals surface area contributed by atoms with Gasteiger partial charge in [-0.3, -0.25) is 0 Å². The molecule has 0 saturated carbocycles. The highest BCUT2D eigenvalue weighted by molar-refractivity contribution is 5.25. The van der Waals surface area contributed by atoms with Crippen LogP contribution >= 0.6 is 0 Å². The van der Waals surface area contributed by atoms with E-state index in [0.29, 0.717) is 6.54 Å². The summed E-state index contributed by atoms with van der Waals surface area (Å²) in [6.45, 7) is 7.11. The van der Waals surface area contributed by atoms with E-state index in [1.165, 1.54) is 11.1 Å². The number of benzene rings is 1. The Kier molecular flexibility index (Phi) is 3.89. The highest BCUT2D eigenvalue weighted by atomic mass is 14.7. The van der Waals surface area contributed by atoms with Gasteiger partial charge in [0.05, 0.1) is 0 Å². The van der Waals surface area contributed by atoms with Crippen LogP contribution in [0.1, 0.15) is 37.4 Å². The molecule has 1 rings (SSSR count). The van der Waals surface area contributed by atoms with Gasteiger partial charge in [-0.05, 0) is 30.9 Å². The number of rotatable bonds is 4. The standard InChI is InChI=1S/C13H22N2/c1-10-4-6-11(7-5-10)12(15)13(2,3)8-9-14/h4-7,12H,8-9,14-15H2,1-3H3. The Balaban J connectivity index is 2.84. The van der Waals surface area contributed by atoms with Crippen molar-refractivity contribution in [3.63, 3.8) is 0 Å². The van der Waals surface area contributed by atoms with Gasteiger partial charge in [0.25, 0.3) is 0 Å². The van der Waals surface area contributed by atoms with Gasteiger partial charge in [-0.2, -0.15) is 0 Å². The van der Waals surface area contributed by atoms with E-state index >= 15 is 0 Å². The maximum absolute atomic E-state index is 6.25. The summed E-state index contributed by atoms with van der Waals surface area (Å²) >= 11 is 0. The molecule has 0 heterocycles. The molecule has 84 valence electrons. The highest BCUT2D eigenvalue weighted by Gasteiger charge is 2.26. The molecule has 0 spiro atoms. The van der Waals surface area contributed by atoms with Crippen LogP contribution in [0.2, 0.25) is 0 Å². The zero-order chi connectivity index (χ0) is 11.5. The molecule has 1 aromatic rings. The summed E-state index contributed by atoms with van der Waals surface area (Å²) in [5.74, 6) is 0. The molecular formula is C13H22N2. The molecule has 0 radical (unpaired) electrons. The minimum atomic E-state index is 0.0571. The first-order valence-electron chi connectivity index (χ1n) is 5.49. The Bertz CT molecular complexity index is 301. The predicted molar refractivity (Wildman–Crippen MR) is 65.6 cm³/mol. The van der Waals surface area contributed by atoms with Crippen LogP contribution in [0.5, 0.6) is 0 Å². The minimum Gasteiger partial charge on any atom is -0.330 e. The molecule has 1 aromatic carbocycles. The molecule has 0 saturated heterocycles. The lowest BCUT2D eigenvalue weighted by Gasteiger charge is -2.31. The largest absolute Gasteiger partial charge is 0.330 e. The van der Waals surface area contributed by atoms with E-state index in [1.54, 1.807) is 0 Å². The third kappa shape index (κ3) is 3.05. The van der Waals surface area contributed by atoms with Crippen molar-refractivity contribution in [2.24, 2.45) is 16.9 Å². The van der Waals surface area contributed by atoms with Crippen LogP contribution in [0.4, 0.5) is 0 Å². The number of hydrogen-bond acceptors (Lipinski definition) is 2. The molecule has 0 aliphatic carbocycles. The molecule has 2 heteroatoms. The van der Waals surface area contributed by atoms with Crippen molar-refractivity contribution >= 4 is 0 Å². The molecule has 1 unspecified atom stereocenters. The molecule has 15 heavy (non-hydrogen) atoms. The first-order valence-corrected chi connectivity index (χ1v) is 5.49. The number of nitrogens with two attached hydrogens (primary N) is 2. The van der Waals surface area contributed by atoms with Crippen molar-refractivity contribution in [3.05, 3.63) is 35.4 Å². The van der Waals surface area contributed by atoms with Crippen LogP contribution in [-0.2, 0) is 0 Å². The van der Waals surface area contributed by atoms with Crippen molar-refractivity contribution in [2.75, 3.05) is 6.54 Å². The summed E-state index contributed by atoms with van der Waals surface area (Å²) in [7, 11) is 0. The van der Waals surface area contributed by atoms with E-state index in [9.17, 15) is 0 Å². The van der Waals surface area contributed by atoms with Gasteiger partial charge in [0.15, 0.2) is 0 Å². The molecular weight excluding hydrogens is 184 g/mol. The fraction of sp³-hybridized carbons (Fsp3) is 0.538. The van der Waals surface area contributed by atoms with Crippen LogP contribution in [0.3, 0.4) is 0 Å². The Morgan fingerprint density at radius 2 is 1.73 bits per heavy atom. The van der Waals surface area contributed by atoms with Gasteiger partial charge in [-0.25, -0.2) is 0 Å². The Labute approximate surface area is 92.7 Å². The molecule has 0 bridgehead atoms. The summed E-state index contributed by atoms with van der Waals surface area (Å²) in [5, 5.41) is 0. The number of hydrogen-bond donors (Lipinski definition) is 2. The second-order valence-corrected chi connectivity index (χ2v) is 4.92. The molecule has 0 aliphatic rings. The zero-order valence-electron chi connectivity index (χ0n) is 9.96. The Hall–Kier alpha value is -0.860. The zero-order valence-corrected chi connectivity index (χ0v) is 9.96. The van der Waals surface area contributed by atoms with Crippen LogP contribution in [0.25, 0.3) is 0 Å². The third-order valence-corrected chi connectivity index (χ3v) is 3.07. The summed E-state index contributed by atoms with van der Waals surface area (Å²) in [4.78, 5) is 0. The monoisotopic (exact) mass is 206 g/mol.